The van der Waals surface area contributed by atoms with Crippen LogP contribution < -0.4 is 14.4 Å². The van der Waals surface area contributed by atoms with E-state index in [9.17, 15) is 13.2 Å². The van der Waals surface area contributed by atoms with Crippen molar-refractivity contribution in [1.29, 1.82) is 0 Å². The molecule has 2 aromatic carbocycles. The lowest BCUT2D eigenvalue weighted by Crippen LogP contribution is -2.34. The number of methoxy groups -OCH3 is 1. The third kappa shape index (κ3) is 6.86. The second-order valence-corrected chi connectivity index (χ2v) is 9.60. The third-order valence-corrected chi connectivity index (χ3v) is 6.52. The molecule has 2 rings (SSSR count). The van der Waals surface area contributed by atoms with E-state index in [1.54, 1.807) is 43.3 Å². The van der Waals surface area contributed by atoms with Crippen molar-refractivity contribution < 1.29 is 28.1 Å². The number of nitrogens with zero attached hydrogens (tertiary/aromatic N) is 1. The average molecular weight is 451 g/mol. The van der Waals surface area contributed by atoms with Gasteiger partial charge in [-0.2, -0.15) is 5.26 Å². The van der Waals surface area contributed by atoms with Gasteiger partial charge in [0.1, 0.15) is 5.75 Å². The Balaban J connectivity index is 2.19. The highest BCUT2D eigenvalue weighted by Gasteiger charge is 2.25. The molecule has 0 aliphatic heterocycles. The summed E-state index contributed by atoms with van der Waals surface area (Å²) in [6, 6.07) is 13.5. The van der Waals surface area contributed by atoms with Crippen LogP contribution in [0.25, 0.3) is 0 Å². The number of aryl methyl sites for hydroxylation is 1. The Morgan fingerprint density at radius 3 is 2.19 bits per heavy atom. The normalized spacial score (nSPS) is 12.3. The van der Waals surface area contributed by atoms with Crippen LogP contribution >= 0.6 is 0 Å². The molecule has 0 radical (unpaired) electrons. The minimum Gasteiger partial charge on any atom is -0.497 e. The van der Waals surface area contributed by atoms with Crippen LogP contribution in [0.5, 0.6) is 5.75 Å². The fourth-order valence-electron chi connectivity index (χ4n) is 3.06. The van der Waals surface area contributed by atoms with Gasteiger partial charge in [-0.3, -0.25) is 9.19 Å². The number of hydrogen-bond acceptors (Lipinski definition) is 6. The maximum absolute atomic E-state index is 13.3. The number of nitrogens with one attached hydrogen (secondary N) is 1. The molecule has 0 aliphatic carbocycles. The quantitative estimate of drug-likeness (QED) is 0.418. The third-order valence-electron chi connectivity index (χ3n) is 4.72. The Labute approximate surface area is 183 Å². The molecular weight excluding hydrogens is 420 g/mol. The van der Waals surface area contributed by atoms with Crippen molar-refractivity contribution >= 4 is 21.8 Å². The van der Waals surface area contributed by atoms with E-state index in [-0.39, 0.29) is 16.9 Å². The first-order valence-electron chi connectivity index (χ1n) is 10.0. The topological polar surface area (TPSA) is 105 Å². The number of carbonyl (C=O) groups is 1. The van der Waals surface area contributed by atoms with Gasteiger partial charge in [-0.15, -0.1) is 0 Å². The zero-order chi connectivity index (χ0) is 23.0. The van der Waals surface area contributed by atoms with Crippen molar-refractivity contribution in [2.24, 2.45) is 5.92 Å². The number of benzene rings is 2. The zero-order valence-corrected chi connectivity index (χ0v) is 19.1. The Bertz CT molecular complexity index is 943. The van der Waals surface area contributed by atoms with E-state index >= 15 is 0 Å². The molecule has 0 heterocycles. The largest absolute Gasteiger partial charge is 0.497 e. The molecule has 2 N–H and O–H groups in total. The van der Waals surface area contributed by atoms with Crippen molar-refractivity contribution in [3.05, 3.63) is 54.1 Å². The average Bonchev–Trinajstić information content (AvgIpc) is 2.76. The summed E-state index contributed by atoms with van der Waals surface area (Å²) in [5.41, 5.74) is 1.59. The highest BCUT2D eigenvalue weighted by molar-refractivity contribution is 7.92. The van der Waals surface area contributed by atoms with E-state index in [2.05, 4.69) is 10.2 Å². The maximum Gasteiger partial charge on any atom is 0.438 e. The predicted molar refractivity (Wildman–Crippen MR) is 119 cm³/mol. The molecule has 1 atom stereocenters. The first kappa shape index (κ1) is 24.5. The van der Waals surface area contributed by atoms with E-state index in [0.29, 0.717) is 30.8 Å². The van der Waals surface area contributed by atoms with E-state index in [4.69, 9.17) is 9.99 Å². The van der Waals surface area contributed by atoms with Crippen LogP contribution in [0.3, 0.4) is 0 Å². The molecule has 1 amide bonds. The molecule has 0 aromatic heterocycles. The van der Waals surface area contributed by atoms with Crippen LogP contribution in [0, 0.1) is 5.92 Å². The maximum atomic E-state index is 13.3. The Morgan fingerprint density at radius 2 is 1.68 bits per heavy atom. The van der Waals surface area contributed by atoms with Crippen molar-refractivity contribution in [2.75, 3.05) is 18.0 Å². The molecule has 0 saturated carbocycles. The molecule has 170 valence electrons. The summed E-state index contributed by atoms with van der Waals surface area (Å²) in [5.74, 6) is 0.723. The second kappa shape index (κ2) is 11.0. The van der Waals surface area contributed by atoms with Gasteiger partial charge in [0, 0.05) is 12.6 Å². The number of carbonyl (C=O) groups excluding carboxylic acids is 1. The molecular formula is C22H30N2O6S. The molecule has 0 bridgehead atoms. The van der Waals surface area contributed by atoms with Gasteiger partial charge >= 0.3 is 6.09 Å². The first-order chi connectivity index (χ1) is 14.7. The fourth-order valence-corrected chi connectivity index (χ4v) is 4.69. The number of anilines is 1. The summed E-state index contributed by atoms with van der Waals surface area (Å²) < 4.78 is 33.2. The van der Waals surface area contributed by atoms with Crippen LogP contribution in [-0.2, 0) is 21.3 Å². The van der Waals surface area contributed by atoms with E-state index < -0.39 is 16.1 Å². The lowest BCUT2D eigenvalue weighted by atomic mass is 10.1. The molecule has 8 nitrogen and oxygen atoms in total. The monoisotopic (exact) mass is 450 g/mol. The van der Waals surface area contributed by atoms with Crippen LogP contribution in [0.2, 0.25) is 0 Å². The number of sulfonamides is 1. The molecule has 31 heavy (non-hydrogen) atoms. The van der Waals surface area contributed by atoms with Crippen LogP contribution in [0.4, 0.5) is 10.5 Å². The van der Waals surface area contributed by atoms with Gasteiger partial charge < -0.3 is 10.1 Å². The van der Waals surface area contributed by atoms with E-state index in [1.807, 2.05) is 26.0 Å². The molecule has 0 saturated heterocycles. The molecule has 2 aromatic rings. The summed E-state index contributed by atoms with van der Waals surface area (Å²) in [6.45, 7) is 6.09. The highest BCUT2D eigenvalue weighted by atomic mass is 32.2. The summed E-state index contributed by atoms with van der Waals surface area (Å²) in [5, 5.41) is 10.8. The molecule has 0 spiro atoms. The molecule has 0 fully saturated rings. The lowest BCUT2D eigenvalue weighted by molar-refractivity contribution is -0.178. The zero-order valence-electron chi connectivity index (χ0n) is 18.2. The van der Waals surface area contributed by atoms with Crippen molar-refractivity contribution in [3.63, 3.8) is 0 Å². The number of hydrogen-bond donors (Lipinski definition) is 2. The van der Waals surface area contributed by atoms with Crippen molar-refractivity contribution in [3.8, 4) is 5.75 Å². The second-order valence-electron chi connectivity index (χ2n) is 7.73. The predicted octanol–water partition coefficient (Wildman–Crippen LogP) is 4.07. The van der Waals surface area contributed by atoms with Gasteiger partial charge in [-0.25, -0.2) is 13.2 Å². The Morgan fingerprint density at radius 1 is 1.06 bits per heavy atom. The summed E-state index contributed by atoms with van der Waals surface area (Å²) >= 11 is 0. The van der Waals surface area contributed by atoms with Gasteiger partial charge in [0.2, 0.25) is 0 Å². The summed E-state index contributed by atoms with van der Waals surface area (Å²) in [7, 11) is -2.20. The SMILES string of the molecule is COc1ccc(S(=O)(=O)N(CC(C)C)c2ccc(CCC(C)NC(=O)OO)cc2)cc1. The fraction of sp³-hybridized carbons (Fsp3) is 0.409. The Hall–Kier alpha value is -2.78. The van der Waals surface area contributed by atoms with Crippen molar-refractivity contribution in [1.82, 2.24) is 5.32 Å². The number of rotatable bonds is 10. The minimum atomic E-state index is -3.74. The number of amides is 1. The molecule has 9 heteroatoms. The van der Waals surface area contributed by atoms with Crippen LogP contribution in [-0.4, -0.2) is 39.5 Å². The van der Waals surface area contributed by atoms with Gasteiger partial charge in [0.15, 0.2) is 0 Å². The standard InChI is InChI=1S/C22H30N2O6S/c1-16(2)15-24(31(27,28)21-13-11-20(29-4)12-14-21)19-9-7-18(8-10-19)6-5-17(3)23-22(25)30-26/h7-14,16-17,26H,5-6,15H2,1-4H3,(H,23,25). The summed E-state index contributed by atoms with van der Waals surface area (Å²) in [4.78, 5) is 14.8. The molecule has 1 unspecified atom stereocenters. The van der Waals surface area contributed by atoms with Gasteiger partial charge in [-0.05, 0) is 67.6 Å². The van der Waals surface area contributed by atoms with Crippen LogP contribution in [0.1, 0.15) is 32.8 Å². The Kier molecular flexibility index (Phi) is 8.70. The lowest BCUT2D eigenvalue weighted by Gasteiger charge is -2.26. The smallest absolute Gasteiger partial charge is 0.438 e. The molecule has 0 aliphatic rings. The highest BCUT2D eigenvalue weighted by Crippen LogP contribution is 2.27. The first-order valence-corrected chi connectivity index (χ1v) is 11.5. The van der Waals surface area contributed by atoms with E-state index in [1.165, 1.54) is 11.4 Å². The van der Waals surface area contributed by atoms with E-state index in [0.717, 1.165) is 5.56 Å². The summed E-state index contributed by atoms with van der Waals surface area (Å²) in [6.07, 6.45) is 0.410. The number of ether oxygens (including phenoxy) is 1. The van der Waals surface area contributed by atoms with Crippen molar-refractivity contribution in [2.45, 2.75) is 44.6 Å². The van der Waals surface area contributed by atoms with Gasteiger partial charge in [0.25, 0.3) is 10.0 Å². The van der Waals surface area contributed by atoms with Crippen LogP contribution in [0.15, 0.2) is 53.4 Å². The van der Waals surface area contributed by atoms with Gasteiger partial charge in [0.05, 0.1) is 17.7 Å². The minimum absolute atomic E-state index is 0.130. The van der Waals surface area contributed by atoms with Gasteiger partial charge in [-0.1, -0.05) is 26.0 Å².